The number of pyridine rings is 1. The standard InChI is InChI=1S/C15H26N4O2/c1-3-4-18(2)15-12-13(11-14(16)17-15)21-10-7-19-5-8-20-9-6-19/h11-12H,3-10H2,1-2H3,(H2,16,17). The summed E-state index contributed by atoms with van der Waals surface area (Å²) in [6.45, 7) is 8.24. The summed E-state index contributed by atoms with van der Waals surface area (Å²) < 4.78 is 11.2. The molecule has 21 heavy (non-hydrogen) atoms. The lowest BCUT2D eigenvalue weighted by molar-refractivity contribution is 0.0322. The molecule has 1 fully saturated rings. The Kier molecular flexibility index (Phi) is 6.07. The molecule has 1 saturated heterocycles. The second-order valence-electron chi connectivity index (χ2n) is 5.31. The molecule has 2 rings (SSSR count). The lowest BCUT2D eigenvalue weighted by atomic mass is 10.3. The van der Waals surface area contributed by atoms with Crippen LogP contribution in [0, 0.1) is 0 Å². The fraction of sp³-hybridized carbons (Fsp3) is 0.667. The summed E-state index contributed by atoms with van der Waals surface area (Å²) in [4.78, 5) is 8.78. The van der Waals surface area contributed by atoms with E-state index in [9.17, 15) is 0 Å². The van der Waals surface area contributed by atoms with Crippen molar-refractivity contribution in [3.05, 3.63) is 12.1 Å². The maximum Gasteiger partial charge on any atom is 0.134 e. The van der Waals surface area contributed by atoms with Crippen LogP contribution in [0.15, 0.2) is 12.1 Å². The van der Waals surface area contributed by atoms with Crippen LogP contribution in [0.25, 0.3) is 0 Å². The van der Waals surface area contributed by atoms with Gasteiger partial charge in [0.2, 0.25) is 0 Å². The van der Waals surface area contributed by atoms with E-state index in [2.05, 4.69) is 21.7 Å². The minimum atomic E-state index is 0.497. The highest BCUT2D eigenvalue weighted by Gasteiger charge is 2.10. The molecule has 1 aromatic heterocycles. The highest BCUT2D eigenvalue weighted by atomic mass is 16.5. The SMILES string of the molecule is CCCN(C)c1cc(OCCN2CCOCC2)cc(N)n1. The lowest BCUT2D eigenvalue weighted by Gasteiger charge is -2.26. The average molecular weight is 294 g/mol. The molecule has 0 bridgehead atoms. The Morgan fingerprint density at radius 1 is 1.38 bits per heavy atom. The van der Waals surface area contributed by atoms with Crippen molar-refractivity contribution < 1.29 is 9.47 Å². The van der Waals surface area contributed by atoms with Crippen molar-refractivity contribution >= 4 is 11.6 Å². The van der Waals surface area contributed by atoms with Crippen LogP contribution in [-0.4, -0.2) is 62.9 Å². The van der Waals surface area contributed by atoms with E-state index in [0.717, 1.165) is 57.4 Å². The quantitative estimate of drug-likeness (QED) is 0.816. The Balaban J connectivity index is 1.87. The molecule has 118 valence electrons. The van der Waals surface area contributed by atoms with Gasteiger partial charge in [-0.2, -0.15) is 0 Å². The van der Waals surface area contributed by atoms with Gasteiger partial charge in [0.25, 0.3) is 0 Å². The number of aromatic nitrogens is 1. The summed E-state index contributed by atoms with van der Waals surface area (Å²) in [6.07, 6.45) is 1.07. The number of hydrogen-bond donors (Lipinski definition) is 1. The maximum absolute atomic E-state index is 5.86. The first-order chi connectivity index (χ1) is 10.2. The smallest absolute Gasteiger partial charge is 0.134 e. The van der Waals surface area contributed by atoms with Crippen molar-refractivity contribution in [2.75, 3.05) is 63.7 Å². The highest BCUT2D eigenvalue weighted by molar-refractivity contribution is 5.50. The predicted octanol–water partition coefficient (Wildman–Crippen LogP) is 1.22. The molecular formula is C15H26N4O2. The Bertz CT molecular complexity index is 436. The van der Waals surface area contributed by atoms with Crippen LogP contribution >= 0.6 is 0 Å². The Morgan fingerprint density at radius 2 is 2.14 bits per heavy atom. The molecule has 0 radical (unpaired) electrons. The maximum atomic E-state index is 5.86. The highest BCUT2D eigenvalue weighted by Crippen LogP contribution is 2.21. The molecule has 0 spiro atoms. The number of rotatable bonds is 7. The minimum Gasteiger partial charge on any atom is -0.492 e. The van der Waals surface area contributed by atoms with Crippen molar-refractivity contribution in [1.82, 2.24) is 9.88 Å². The largest absolute Gasteiger partial charge is 0.492 e. The minimum absolute atomic E-state index is 0.497. The average Bonchev–Trinajstić information content (AvgIpc) is 2.48. The topological polar surface area (TPSA) is 63.9 Å². The molecular weight excluding hydrogens is 268 g/mol. The second-order valence-corrected chi connectivity index (χ2v) is 5.31. The first-order valence-electron chi connectivity index (χ1n) is 7.60. The number of morpholine rings is 1. The van der Waals surface area contributed by atoms with Crippen molar-refractivity contribution in [2.24, 2.45) is 0 Å². The van der Waals surface area contributed by atoms with Crippen LogP contribution < -0.4 is 15.4 Å². The van der Waals surface area contributed by atoms with Gasteiger partial charge in [-0.3, -0.25) is 4.90 Å². The Morgan fingerprint density at radius 3 is 2.86 bits per heavy atom. The fourth-order valence-corrected chi connectivity index (χ4v) is 2.36. The summed E-state index contributed by atoms with van der Waals surface area (Å²) in [5, 5.41) is 0. The summed E-state index contributed by atoms with van der Waals surface area (Å²) in [5.74, 6) is 2.14. The van der Waals surface area contributed by atoms with E-state index < -0.39 is 0 Å². The van der Waals surface area contributed by atoms with Crippen LogP contribution in [0.2, 0.25) is 0 Å². The third-order valence-electron chi connectivity index (χ3n) is 3.54. The van der Waals surface area contributed by atoms with Gasteiger partial charge in [-0.1, -0.05) is 6.92 Å². The molecule has 0 aliphatic carbocycles. The molecule has 6 nitrogen and oxygen atoms in total. The van der Waals surface area contributed by atoms with E-state index in [0.29, 0.717) is 12.4 Å². The number of ether oxygens (including phenoxy) is 2. The number of nitrogens with zero attached hydrogens (tertiary/aromatic N) is 3. The summed E-state index contributed by atoms with van der Waals surface area (Å²) in [6, 6.07) is 3.73. The molecule has 1 aliphatic rings. The van der Waals surface area contributed by atoms with Gasteiger partial charge in [0, 0.05) is 45.4 Å². The molecule has 0 saturated carbocycles. The Labute approximate surface area is 126 Å². The van der Waals surface area contributed by atoms with Gasteiger partial charge in [-0.15, -0.1) is 0 Å². The van der Waals surface area contributed by atoms with Crippen molar-refractivity contribution in [2.45, 2.75) is 13.3 Å². The number of nitrogen functional groups attached to an aromatic ring is 1. The first kappa shape index (κ1) is 15.9. The molecule has 0 aromatic carbocycles. The molecule has 0 amide bonds. The van der Waals surface area contributed by atoms with E-state index >= 15 is 0 Å². The van der Waals surface area contributed by atoms with E-state index in [4.69, 9.17) is 15.2 Å². The summed E-state index contributed by atoms with van der Waals surface area (Å²) >= 11 is 0. The van der Waals surface area contributed by atoms with Gasteiger partial charge in [-0.05, 0) is 6.42 Å². The molecule has 1 aromatic rings. The van der Waals surface area contributed by atoms with Crippen molar-refractivity contribution in [3.63, 3.8) is 0 Å². The van der Waals surface area contributed by atoms with E-state index in [1.54, 1.807) is 6.07 Å². The van der Waals surface area contributed by atoms with Gasteiger partial charge in [0.1, 0.15) is 24.0 Å². The van der Waals surface area contributed by atoms with Crippen LogP contribution in [0.1, 0.15) is 13.3 Å². The van der Waals surface area contributed by atoms with E-state index in [1.165, 1.54) is 0 Å². The number of anilines is 2. The molecule has 6 heteroatoms. The monoisotopic (exact) mass is 294 g/mol. The lowest BCUT2D eigenvalue weighted by Crippen LogP contribution is -2.38. The van der Waals surface area contributed by atoms with E-state index in [1.807, 2.05) is 13.1 Å². The normalized spacial score (nSPS) is 15.9. The van der Waals surface area contributed by atoms with Gasteiger partial charge in [0.05, 0.1) is 13.2 Å². The summed E-state index contributed by atoms with van der Waals surface area (Å²) in [5.41, 5.74) is 5.86. The number of hydrogen-bond acceptors (Lipinski definition) is 6. The van der Waals surface area contributed by atoms with Gasteiger partial charge in [0.15, 0.2) is 0 Å². The van der Waals surface area contributed by atoms with Crippen LogP contribution in [0.3, 0.4) is 0 Å². The van der Waals surface area contributed by atoms with Crippen LogP contribution in [0.5, 0.6) is 5.75 Å². The van der Waals surface area contributed by atoms with Crippen LogP contribution in [-0.2, 0) is 4.74 Å². The molecule has 2 N–H and O–H groups in total. The Hall–Kier alpha value is -1.53. The molecule has 1 aliphatic heterocycles. The van der Waals surface area contributed by atoms with Crippen molar-refractivity contribution in [3.8, 4) is 5.75 Å². The van der Waals surface area contributed by atoms with Gasteiger partial charge in [-0.25, -0.2) is 4.98 Å². The van der Waals surface area contributed by atoms with Crippen LogP contribution in [0.4, 0.5) is 11.6 Å². The third-order valence-corrected chi connectivity index (χ3v) is 3.54. The fourth-order valence-electron chi connectivity index (χ4n) is 2.36. The second kappa shape index (κ2) is 8.05. The number of nitrogens with two attached hydrogens (primary N) is 1. The zero-order valence-electron chi connectivity index (χ0n) is 13.0. The zero-order chi connectivity index (χ0) is 15.1. The first-order valence-corrected chi connectivity index (χ1v) is 7.60. The van der Waals surface area contributed by atoms with Gasteiger partial charge >= 0.3 is 0 Å². The van der Waals surface area contributed by atoms with Crippen molar-refractivity contribution in [1.29, 1.82) is 0 Å². The van der Waals surface area contributed by atoms with Gasteiger partial charge < -0.3 is 20.1 Å². The summed E-state index contributed by atoms with van der Waals surface area (Å²) in [7, 11) is 2.02. The predicted molar refractivity (Wildman–Crippen MR) is 85.0 cm³/mol. The third kappa shape index (κ3) is 5.06. The molecule has 2 heterocycles. The molecule has 0 unspecified atom stereocenters. The zero-order valence-corrected chi connectivity index (χ0v) is 13.0. The molecule has 0 atom stereocenters. The van der Waals surface area contributed by atoms with E-state index in [-0.39, 0.29) is 0 Å².